The maximum Gasteiger partial charge on any atom is 0.335 e. The van der Waals surface area contributed by atoms with E-state index < -0.39 is 34.1 Å². The van der Waals surface area contributed by atoms with Gasteiger partial charge in [-0.15, -0.1) is 0 Å². The Morgan fingerprint density at radius 3 is 2.30 bits per heavy atom. The number of hydrogen-bond donors (Lipinski definition) is 0. The van der Waals surface area contributed by atoms with Crippen molar-refractivity contribution in [1.82, 2.24) is 9.21 Å². The second kappa shape index (κ2) is 6.70. The molecule has 4 rings (SSSR count). The number of benzene rings is 2. The van der Waals surface area contributed by atoms with E-state index in [-0.39, 0.29) is 24.5 Å². The standard InChI is InChI=1S/C19H18N2O5S/c22-18(26-13-14-7-3-1-4-8-14)17-11-15-12-20(17)19(23)21(15)27(24,25)16-9-5-2-6-10-16/h1-10,15,17H,11-13H2/t15-,17-/m1/s1. The average molecular weight is 386 g/mol. The molecule has 0 spiro atoms. The van der Waals surface area contributed by atoms with Gasteiger partial charge in [0, 0.05) is 13.0 Å². The number of urea groups is 1. The normalized spacial score (nSPS) is 21.6. The van der Waals surface area contributed by atoms with Gasteiger partial charge in [0.1, 0.15) is 12.6 Å². The third-order valence-electron chi connectivity index (χ3n) is 4.84. The lowest BCUT2D eigenvalue weighted by atomic mass is 10.1. The van der Waals surface area contributed by atoms with Crippen LogP contribution in [0.4, 0.5) is 4.79 Å². The van der Waals surface area contributed by atoms with Gasteiger partial charge < -0.3 is 9.64 Å². The molecule has 2 amide bonds. The number of carbonyl (C=O) groups is 2. The van der Waals surface area contributed by atoms with Crippen molar-refractivity contribution < 1.29 is 22.7 Å². The van der Waals surface area contributed by atoms with Crippen molar-refractivity contribution in [3.8, 4) is 0 Å². The van der Waals surface area contributed by atoms with Crippen LogP contribution in [0.3, 0.4) is 0 Å². The van der Waals surface area contributed by atoms with Gasteiger partial charge >= 0.3 is 12.0 Å². The fourth-order valence-corrected chi connectivity index (χ4v) is 5.12. The number of ether oxygens (including phenoxy) is 1. The summed E-state index contributed by atoms with van der Waals surface area (Å²) in [5.74, 6) is -0.508. The van der Waals surface area contributed by atoms with Crippen LogP contribution in [0.2, 0.25) is 0 Å². The predicted octanol–water partition coefficient (Wildman–Crippen LogP) is 2.00. The van der Waals surface area contributed by atoms with Crippen molar-refractivity contribution in [3.63, 3.8) is 0 Å². The van der Waals surface area contributed by atoms with Gasteiger partial charge in [-0.1, -0.05) is 48.5 Å². The molecule has 0 saturated carbocycles. The van der Waals surface area contributed by atoms with Gasteiger partial charge in [0.2, 0.25) is 0 Å². The third-order valence-corrected chi connectivity index (χ3v) is 6.68. The second-order valence-electron chi connectivity index (χ2n) is 6.55. The number of carbonyl (C=O) groups excluding carboxylic acids is 2. The molecule has 2 aromatic carbocycles. The van der Waals surface area contributed by atoms with E-state index >= 15 is 0 Å². The van der Waals surface area contributed by atoms with Crippen LogP contribution >= 0.6 is 0 Å². The molecular weight excluding hydrogens is 368 g/mol. The molecular formula is C19H18N2O5S. The molecule has 0 unspecified atom stereocenters. The zero-order valence-electron chi connectivity index (χ0n) is 14.4. The zero-order valence-corrected chi connectivity index (χ0v) is 15.2. The molecule has 2 aliphatic heterocycles. The maximum absolute atomic E-state index is 12.8. The number of fused-ring (bicyclic) bond motifs is 2. The Morgan fingerprint density at radius 1 is 1.04 bits per heavy atom. The Hall–Kier alpha value is -2.87. The number of nitrogens with zero attached hydrogens (tertiary/aromatic N) is 2. The summed E-state index contributed by atoms with van der Waals surface area (Å²) in [6, 6.07) is 15.1. The van der Waals surface area contributed by atoms with E-state index in [1.54, 1.807) is 18.2 Å². The molecule has 0 aliphatic carbocycles. The van der Waals surface area contributed by atoms with E-state index in [0.29, 0.717) is 0 Å². The highest BCUT2D eigenvalue weighted by Crippen LogP contribution is 2.36. The van der Waals surface area contributed by atoms with Gasteiger partial charge in [0.25, 0.3) is 10.0 Å². The molecule has 2 atom stereocenters. The van der Waals surface area contributed by atoms with E-state index in [1.165, 1.54) is 17.0 Å². The van der Waals surface area contributed by atoms with Crippen molar-refractivity contribution in [2.24, 2.45) is 0 Å². The summed E-state index contributed by atoms with van der Waals surface area (Å²) in [6.07, 6.45) is 0.241. The molecule has 8 heteroatoms. The minimum Gasteiger partial charge on any atom is -0.459 e. The van der Waals surface area contributed by atoms with Gasteiger partial charge in [0.15, 0.2) is 0 Å². The summed E-state index contributed by atoms with van der Waals surface area (Å²) in [7, 11) is -3.93. The van der Waals surface area contributed by atoms with Crippen LogP contribution in [-0.4, -0.2) is 48.3 Å². The van der Waals surface area contributed by atoms with Gasteiger partial charge in [-0.3, -0.25) is 0 Å². The Morgan fingerprint density at radius 2 is 1.67 bits per heavy atom. The van der Waals surface area contributed by atoms with Crippen molar-refractivity contribution in [1.29, 1.82) is 0 Å². The first-order valence-corrected chi connectivity index (χ1v) is 10.0. The van der Waals surface area contributed by atoms with Gasteiger partial charge in [-0.25, -0.2) is 22.3 Å². The number of hydrogen-bond acceptors (Lipinski definition) is 5. The predicted molar refractivity (Wildman–Crippen MR) is 96.0 cm³/mol. The molecule has 7 nitrogen and oxygen atoms in total. The topological polar surface area (TPSA) is 84.0 Å². The molecule has 0 aromatic heterocycles. The molecule has 2 aliphatic rings. The molecule has 0 N–H and O–H groups in total. The van der Waals surface area contributed by atoms with Gasteiger partial charge in [-0.2, -0.15) is 0 Å². The first-order valence-electron chi connectivity index (χ1n) is 8.59. The van der Waals surface area contributed by atoms with E-state index in [0.717, 1.165) is 9.87 Å². The lowest BCUT2D eigenvalue weighted by molar-refractivity contribution is -0.149. The van der Waals surface area contributed by atoms with Crippen LogP contribution in [0.15, 0.2) is 65.6 Å². The lowest BCUT2D eigenvalue weighted by Gasteiger charge is -2.30. The van der Waals surface area contributed by atoms with Crippen molar-refractivity contribution >= 4 is 22.0 Å². The summed E-state index contributed by atoms with van der Waals surface area (Å²) < 4.78 is 31.8. The van der Waals surface area contributed by atoms with Crippen molar-refractivity contribution in [3.05, 3.63) is 66.2 Å². The van der Waals surface area contributed by atoms with Crippen LogP contribution < -0.4 is 0 Å². The summed E-state index contributed by atoms with van der Waals surface area (Å²) in [6.45, 7) is 0.324. The Labute approximate surface area is 157 Å². The van der Waals surface area contributed by atoms with E-state index in [2.05, 4.69) is 0 Å². The molecule has 0 radical (unpaired) electrons. The van der Waals surface area contributed by atoms with Gasteiger partial charge in [-0.05, 0) is 17.7 Å². The molecule has 27 heavy (non-hydrogen) atoms. The largest absolute Gasteiger partial charge is 0.459 e. The van der Waals surface area contributed by atoms with Crippen LogP contribution in [0.25, 0.3) is 0 Å². The Balaban J connectivity index is 1.46. The van der Waals surface area contributed by atoms with Gasteiger partial charge in [0.05, 0.1) is 10.9 Å². The van der Waals surface area contributed by atoms with Crippen molar-refractivity contribution in [2.45, 2.75) is 30.0 Å². The van der Waals surface area contributed by atoms with E-state index in [4.69, 9.17) is 4.74 Å². The highest BCUT2D eigenvalue weighted by Gasteiger charge is 2.55. The second-order valence-corrected chi connectivity index (χ2v) is 8.36. The number of sulfonamides is 1. The number of amides is 2. The monoisotopic (exact) mass is 386 g/mol. The molecule has 2 bridgehead atoms. The molecule has 2 heterocycles. The van der Waals surface area contributed by atoms with Crippen molar-refractivity contribution in [2.75, 3.05) is 6.54 Å². The first-order chi connectivity index (χ1) is 13.0. The molecule has 2 fully saturated rings. The minimum absolute atomic E-state index is 0.0651. The summed E-state index contributed by atoms with van der Waals surface area (Å²) >= 11 is 0. The third kappa shape index (κ3) is 3.06. The molecule has 2 saturated heterocycles. The first kappa shape index (κ1) is 17.5. The van der Waals surface area contributed by atoms with Crippen LogP contribution in [0.1, 0.15) is 12.0 Å². The Bertz CT molecular complexity index is 962. The maximum atomic E-state index is 12.8. The van der Waals surface area contributed by atoms with E-state index in [1.807, 2.05) is 30.3 Å². The quantitative estimate of drug-likeness (QED) is 0.734. The van der Waals surface area contributed by atoms with Crippen LogP contribution in [-0.2, 0) is 26.2 Å². The number of rotatable bonds is 5. The molecule has 140 valence electrons. The number of esters is 1. The molecule has 2 aromatic rings. The van der Waals surface area contributed by atoms with Crippen LogP contribution in [0.5, 0.6) is 0 Å². The lowest BCUT2D eigenvalue weighted by Crippen LogP contribution is -2.50. The zero-order chi connectivity index (χ0) is 19.0. The Kier molecular flexibility index (Phi) is 4.35. The minimum atomic E-state index is -3.93. The van der Waals surface area contributed by atoms with E-state index in [9.17, 15) is 18.0 Å². The SMILES string of the molecule is O=C(OCc1ccccc1)[C@H]1C[C@@H]2CN1C(=O)N2S(=O)(=O)c1ccccc1. The fourth-order valence-electron chi connectivity index (χ4n) is 3.53. The summed E-state index contributed by atoms with van der Waals surface area (Å²) in [4.78, 5) is 26.4. The highest BCUT2D eigenvalue weighted by molar-refractivity contribution is 7.89. The average Bonchev–Trinajstić information content (AvgIpc) is 3.26. The van der Waals surface area contributed by atoms with Crippen LogP contribution in [0, 0.1) is 0 Å². The fraction of sp³-hybridized carbons (Fsp3) is 0.263. The summed E-state index contributed by atoms with van der Waals surface area (Å²) in [5.41, 5.74) is 0.851. The highest BCUT2D eigenvalue weighted by atomic mass is 32.2. The smallest absolute Gasteiger partial charge is 0.335 e. The summed E-state index contributed by atoms with van der Waals surface area (Å²) in [5, 5.41) is 0.